The molecule has 6 nitrogen and oxygen atoms in total. The van der Waals surface area contributed by atoms with Gasteiger partial charge >= 0.3 is 5.97 Å². The molecule has 0 radical (unpaired) electrons. The van der Waals surface area contributed by atoms with Gasteiger partial charge in [0, 0.05) is 31.7 Å². The Kier molecular flexibility index (Phi) is 3.42. The molecule has 2 aromatic rings. The summed E-state index contributed by atoms with van der Waals surface area (Å²) in [4.78, 5) is 21.5. The topological polar surface area (TPSA) is 70.7 Å². The first kappa shape index (κ1) is 13.3. The number of aromatic carboxylic acids is 1. The van der Waals surface area contributed by atoms with Crippen LogP contribution in [0.3, 0.4) is 0 Å². The summed E-state index contributed by atoms with van der Waals surface area (Å²) in [5, 5.41) is 9.00. The van der Waals surface area contributed by atoms with E-state index in [1.54, 1.807) is 16.8 Å². The number of imidazole rings is 1. The van der Waals surface area contributed by atoms with Gasteiger partial charge in [-0.3, -0.25) is 0 Å². The number of rotatable bonds is 4. The highest BCUT2D eigenvalue weighted by Gasteiger charge is 2.19. The number of carboxylic acid groups (broad SMARTS) is 1. The molecule has 0 aliphatic carbocycles. The molecule has 2 heterocycles. The average molecular weight is 262 g/mol. The standard InChI is InChI=1S/C13H18N4O2/c1-8(2)9(3)16(4)11-12-15-10(13(18)19)7-17(12)6-5-14-11/h5-9H,1-4H3,(H,18,19). The van der Waals surface area contributed by atoms with E-state index in [2.05, 4.69) is 30.7 Å². The van der Waals surface area contributed by atoms with Crippen LogP contribution in [0.25, 0.3) is 5.65 Å². The first-order valence-corrected chi connectivity index (χ1v) is 6.21. The lowest BCUT2D eigenvalue weighted by Gasteiger charge is -2.28. The summed E-state index contributed by atoms with van der Waals surface area (Å²) in [6.45, 7) is 6.38. The summed E-state index contributed by atoms with van der Waals surface area (Å²) in [6, 6.07) is 0.281. The Balaban J connectivity index is 2.51. The van der Waals surface area contributed by atoms with Crippen molar-refractivity contribution in [2.75, 3.05) is 11.9 Å². The molecule has 0 amide bonds. The summed E-state index contributed by atoms with van der Waals surface area (Å²) in [5.41, 5.74) is 0.592. The molecule has 0 aliphatic heterocycles. The van der Waals surface area contributed by atoms with Gasteiger partial charge in [0.15, 0.2) is 17.2 Å². The van der Waals surface area contributed by atoms with Gasteiger partial charge in [-0.2, -0.15) is 0 Å². The first-order chi connectivity index (χ1) is 8.91. The summed E-state index contributed by atoms with van der Waals surface area (Å²) in [7, 11) is 1.95. The molecule has 0 saturated heterocycles. The van der Waals surface area contributed by atoms with E-state index in [-0.39, 0.29) is 11.7 Å². The predicted molar refractivity (Wildman–Crippen MR) is 72.6 cm³/mol. The maximum absolute atomic E-state index is 11.0. The molecule has 0 aromatic carbocycles. The van der Waals surface area contributed by atoms with Crippen molar-refractivity contribution in [3.63, 3.8) is 0 Å². The van der Waals surface area contributed by atoms with E-state index in [0.717, 1.165) is 0 Å². The third-order valence-electron chi connectivity index (χ3n) is 3.49. The van der Waals surface area contributed by atoms with Crippen molar-refractivity contribution < 1.29 is 9.90 Å². The number of nitrogens with zero attached hydrogens (tertiary/aromatic N) is 4. The lowest BCUT2D eigenvalue weighted by molar-refractivity contribution is 0.0691. The van der Waals surface area contributed by atoms with Gasteiger partial charge in [0.1, 0.15) is 0 Å². The number of aromatic nitrogens is 3. The van der Waals surface area contributed by atoms with E-state index >= 15 is 0 Å². The van der Waals surface area contributed by atoms with Crippen LogP contribution in [0, 0.1) is 5.92 Å². The minimum Gasteiger partial charge on any atom is -0.476 e. The highest BCUT2D eigenvalue weighted by molar-refractivity contribution is 5.87. The zero-order valence-corrected chi connectivity index (χ0v) is 11.5. The average Bonchev–Trinajstić information content (AvgIpc) is 2.80. The molecule has 102 valence electrons. The zero-order chi connectivity index (χ0) is 14.2. The Hall–Kier alpha value is -2.11. The lowest BCUT2D eigenvalue weighted by Crippen LogP contribution is -2.34. The molecule has 1 N–H and O–H groups in total. The first-order valence-electron chi connectivity index (χ1n) is 6.21. The molecule has 1 unspecified atom stereocenters. The largest absolute Gasteiger partial charge is 0.476 e. The van der Waals surface area contributed by atoms with Gasteiger partial charge in [-0.1, -0.05) is 13.8 Å². The van der Waals surface area contributed by atoms with Crippen LogP contribution >= 0.6 is 0 Å². The van der Waals surface area contributed by atoms with E-state index in [0.29, 0.717) is 17.4 Å². The predicted octanol–water partition coefficient (Wildman–Crippen LogP) is 1.91. The van der Waals surface area contributed by atoms with Gasteiger partial charge in [0.2, 0.25) is 0 Å². The zero-order valence-electron chi connectivity index (χ0n) is 11.5. The molecule has 0 aliphatic rings. The van der Waals surface area contributed by atoms with Gasteiger partial charge in [0.05, 0.1) is 0 Å². The maximum atomic E-state index is 11.0. The molecule has 0 saturated carbocycles. The van der Waals surface area contributed by atoms with Crippen LogP contribution in [-0.2, 0) is 0 Å². The lowest BCUT2D eigenvalue weighted by atomic mass is 10.1. The smallest absolute Gasteiger partial charge is 0.356 e. The van der Waals surface area contributed by atoms with Crippen molar-refractivity contribution in [1.82, 2.24) is 14.4 Å². The number of carbonyl (C=O) groups is 1. The van der Waals surface area contributed by atoms with Gasteiger partial charge in [0.25, 0.3) is 0 Å². The second-order valence-electron chi connectivity index (χ2n) is 5.01. The molecule has 2 rings (SSSR count). The van der Waals surface area contributed by atoms with Crippen molar-refractivity contribution in [3.8, 4) is 0 Å². The van der Waals surface area contributed by atoms with E-state index < -0.39 is 5.97 Å². The normalized spacial score (nSPS) is 12.9. The third-order valence-corrected chi connectivity index (χ3v) is 3.49. The SMILES string of the molecule is CC(C)C(C)N(C)c1nccn2cc(C(=O)O)nc12. The van der Waals surface area contributed by atoms with Crippen LogP contribution in [0.2, 0.25) is 0 Å². The Morgan fingerprint density at radius 1 is 1.42 bits per heavy atom. The summed E-state index contributed by atoms with van der Waals surface area (Å²) >= 11 is 0. The Bertz CT molecular complexity index is 606. The molecule has 0 fully saturated rings. The van der Waals surface area contributed by atoms with Crippen molar-refractivity contribution in [2.45, 2.75) is 26.8 Å². The second-order valence-corrected chi connectivity index (χ2v) is 5.01. The van der Waals surface area contributed by atoms with E-state index in [9.17, 15) is 4.79 Å². The van der Waals surface area contributed by atoms with Crippen molar-refractivity contribution in [2.24, 2.45) is 5.92 Å². The Morgan fingerprint density at radius 2 is 2.11 bits per heavy atom. The number of hydrogen-bond donors (Lipinski definition) is 1. The summed E-state index contributed by atoms with van der Waals surface area (Å²) in [6.07, 6.45) is 4.85. The van der Waals surface area contributed by atoms with Gasteiger partial charge in [-0.05, 0) is 12.8 Å². The summed E-state index contributed by atoms with van der Waals surface area (Å²) in [5.74, 6) is 0.117. The minimum atomic E-state index is -1.03. The minimum absolute atomic E-state index is 0.0276. The fraction of sp³-hybridized carbons (Fsp3) is 0.462. The van der Waals surface area contributed by atoms with Gasteiger partial charge < -0.3 is 14.4 Å². The number of hydrogen-bond acceptors (Lipinski definition) is 4. The molecule has 6 heteroatoms. The van der Waals surface area contributed by atoms with E-state index in [4.69, 9.17) is 5.11 Å². The molecular weight excluding hydrogens is 244 g/mol. The monoisotopic (exact) mass is 262 g/mol. The fourth-order valence-corrected chi connectivity index (χ4v) is 1.90. The van der Waals surface area contributed by atoms with Gasteiger partial charge in [-0.15, -0.1) is 0 Å². The molecule has 0 bridgehead atoms. The second kappa shape index (κ2) is 4.87. The molecular formula is C13H18N4O2. The van der Waals surface area contributed by atoms with Crippen LogP contribution in [-0.4, -0.2) is 38.5 Å². The number of fused-ring (bicyclic) bond motifs is 1. The molecule has 1 atom stereocenters. The fourth-order valence-electron chi connectivity index (χ4n) is 1.90. The highest BCUT2D eigenvalue weighted by atomic mass is 16.4. The molecule has 0 spiro atoms. The van der Waals surface area contributed by atoms with Crippen LogP contribution in [0.15, 0.2) is 18.6 Å². The number of carboxylic acids is 1. The van der Waals surface area contributed by atoms with Crippen molar-refractivity contribution in [3.05, 3.63) is 24.3 Å². The quantitative estimate of drug-likeness (QED) is 0.911. The van der Waals surface area contributed by atoms with Crippen LogP contribution in [0.4, 0.5) is 5.82 Å². The molecule has 19 heavy (non-hydrogen) atoms. The van der Waals surface area contributed by atoms with Crippen LogP contribution < -0.4 is 4.90 Å². The van der Waals surface area contributed by atoms with Crippen molar-refractivity contribution >= 4 is 17.4 Å². The van der Waals surface area contributed by atoms with Crippen LogP contribution in [0.5, 0.6) is 0 Å². The van der Waals surface area contributed by atoms with E-state index in [1.165, 1.54) is 6.20 Å². The third kappa shape index (κ3) is 2.38. The maximum Gasteiger partial charge on any atom is 0.356 e. The number of anilines is 1. The van der Waals surface area contributed by atoms with E-state index in [1.807, 2.05) is 11.9 Å². The van der Waals surface area contributed by atoms with Crippen molar-refractivity contribution in [1.29, 1.82) is 0 Å². The Morgan fingerprint density at radius 3 is 2.68 bits per heavy atom. The summed E-state index contributed by atoms with van der Waals surface area (Å²) < 4.78 is 1.69. The molecule has 2 aromatic heterocycles. The highest BCUT2D eigenvalue weighted by Crippen LogP contribution is 2.21. The Labute approximate surface area is 111 Å². The van der Waals surface area contributed by atoms with Crippen LogP contribution in [0.1, 0.15) is 31.3 Å². The van der Waals surface area contributed by atoms with Gasteiger partial charge in [-0.25, -0.2) is 14.8 Å².